The van der Waals surface area contributed by atoms with Crippen molar-refractivity contribution >= 4 is 17.8 Å². The first-order valence-electron chi connectivity index (χ1n) is 23.1. The number of hydrogen-bond donors (Lipinski definition) is 0. The maximum atomic E-state index is 14.2. The van der Waals surface area contributed by atoms with Crippen LogP contribution in [0.5, 0.6) is 0 Å². The van der Waals surface area contributed by atoms with E-state index in [4.69, 9.17) is 9.47 Å². The average Bonchev–Trinajstić information content (AvgIpc) is 3.13. The zero-order chi connectivity index (χ0) is 38.3. The predicted octanol–water partition coefficient (Wildman–Crippen LogP) is 14.0. The summed E-state index contributed by atoms with van der Waals surface area (Å²) in [6.07, 6.45) is 38.8. The van der Waals surface area contributed by atoms with Crippen molar-refractivity contribution in [3.63, 3.8) is 0 Å². The summed E-state index contributed by atoms with van der Waals surface area (Å²) in [5.41, 5.74) is 0. The molecule has 0 saturated heterocycles. The quantitative estimate of drug-likeness (QED) is 0.0463. The Kier molecular flexibility index (Phi) is 37.9. The third-order valence-corrected chi connectivity index (χ3v) is 10.7. The van der Waals surface area contributed by atoms with Crippen LogP contribution in [0.1, 0.15) is 253 Å². The van der Waals surface area contributed by atoms with Crippen molar-refractivity contribution in [2.24, 2.45) is 0 Å². The highest BCUT2D eigenvalue weighted by atomic mass is 16.5. The topological polar surface area (TPSA) is 72.9 Å². The van der Waals surface area contributed by atoms with Crippen molar-refractivity contribution in [1.82, 2.24) is 4.90 Å². The van der Waals surface area contributed by atoms with Crippen molar-refractivity contribution in [3.05, 3.63) is 0 Å². The van der Waals surface area contributed by atoms with E-state index in [-0.39, 0.29) is 31.1 Å². The van der Waals surface area contributed by atoms with Crippen LogP contribution < -0.4 is 0 Å². The lowest BCUT2D eigenvalue weighted by Gasteiger charge is -2.36. The van der Waals surface area contributed by atoms with E-state index in [2.05, 4.69) is 20.8 Å². The third kappa shape index (κ3) is 28.9. The summed E-state index contributed by atoms with van der Waals surface area (Å²) >= 11 is 0. The minimum atomic E-state index is -0.744. The van der Waals surface area contributed by atoms with Crippen molar-refractivity contribution in [2.75, 3.05) is 13.2 Å². The summed E-state index contributed by atoms with van der Waals surface area (Å²) in [5.74, 6) is -0.836. The number of nitrogens with zero attached hydrogens (tertiary/aromatic N) is 1. The van der Waals surface area contributed by atoms with Gasteiger partial charge in [0, 0.05) is 6.42 Å². The Bertz CT molecular complexity index is 756. The normalized spacial score (nSPS) is 12.5. The van der Waals surface area contributed by atoms with Gasteiger partial charge in [0.2, 0.25) is 5.91 Å². The van der Waals surface area contributed by atoms with Gasteiger partial charge in [-0.3, -0.25) is 4.79 Å². The van der Waals surface area contributed by atoms with E-state index in [1.54, 1.807) is 4.90 Å². The van der Waals surface area contributed by atoms with Crippen LogP contribution in [-0.4, -0.2) is 48.0 Å². The zero-order valence-electron chi connectivity index (χ0n) is 35.6. The zero-order valence-corrected chi connectivity index (χ0v) is 35.6. The lowest BCUT2D eigenvalue weighted by molar-refractivity contribution is -0.165. The molecule has 0 spiro atoms. The maximum absolute atomic E-state index is 14.2. The van der Waals surface area contributed by atoms with Crippen LogP contribution in [0.2, 0.25) is 0 Å². The Hall–Kier alpha value is -1.59. The molecule has 6 heteroatoms. The van der Waals surface area contributed by atoms with E-state index >= 15 is 0 Å². The van der Waals surface area contributed by atoms with Crippen LogP contribution in [0, 0.1) is 0 Å². The number of carbonyl (C=O) groups excluding carboxylic acids is 3. The summed E-state index contributed by atoms with van der Waals surface area (Å²) in [6.45, 7) is 10.9. The average molecular weight is 736 g/mol. The second kappa shape index (κ2) is 39.1. The molecular formula is C46H89NO5. The van der Waals surface area contributed by atoms with Crippen molar-refractivity contribution in [1.29, 1.82) is 0 Å². The number of carbonyl (C=O) groups is 3. The fourth-order valence-corrected chi connectivity index (χ4v) is 7.50. The van der Waals surface area contributed by atoms with Gasteiger partial charge in [0.25, 0.3) is 0 Å². The first-order valence-corrected chi connectivity index (χ1v) is 23.1. The van der Waals surface area contributed by atoms with Gasteiger partial charge in [-0.2, -0.15) is 0 Å². The summed E-state index contributed by atoms with van der Waals surface area (Å²) in [5, 5.41) is 0. The number of amides is 1. The first kappa shape index (κ1) is 50.4. The Balaban J connectivity index is 5.48. The van der Waals surface area contributed by atoms with Gasteiger partial charge >= 0.3 is 11.9 Å². The second-order valence-electron chi connectivity index (χ2n) is 15.6. The van der Waals surface area contributed by atoms with E-state index in [1.807, 2.05) is 13.8 Å². The minimum Gasteiger partial charge on any atom is -0.464 e. The molecule has 2 unspecified atom stereocenters. The predicted molar refractivity (Wildman–Crippen MR) is 222 cm³/mol. The molecule has 0 aromatic carbocycles. The highest BCUT2D eigenvalue weighted by Crippen LogP contribution is 2.24. The molecule has 0 aromatic heterocycles. The molecular weight excluding hydrogens is 647 g/mol. The third-order valence-electron chi connectivity index (χ3n) is 10.7. The molecule has 1 amide bonds. The Morgan fingerprint density at radius 3 is 0.885 bits per heavy atom. The van der Waals surface area contributed by atoms with Crippen LogP contribution >= 0.6 is 0 Å². The molecule has 6 nitrogen and oxygen atoms in total. The molecule has 0 radical (unpaired) electrons. The van der Waals surface area contributed by atoms with Gasteiger partial charge in [-0.05, 0) is 33.1 Å². The molecule has 0 aliphatic carbocycles. The molecule has 52 heavy (non-hydrogen) atoms. The van der Waals surface area contributed by atoms with Crippen LogP contribution in [-0.2, 0) is 23.9 Å². The lowest BCUT2D eigenvalue weighted by atomic mass is 9.98. The summed E-state index contributed by atoms with van der Waals surface area (Å²) in [7, 11) is 0. The van der Waals surface area contributed by atoms with Gasteiger partial charge in [-0.1, -0.05) is 213 Å². The highest BCUT2D eigenvalue weighted by Gasteiger charge is 2.39. The van der Waals surface area contributed by atoms with Crippen LogP contribution in [0.15, 0.2) is 0 Å². The van der Waals surface area contributed by atoms with E-state index in [9.17, 15) is 14.4 Å². The highest BCUT2D eigenvalue weighted by molar-refractivity contribution is 5.89. The number of esters is 2. The van der Waals surface area contributed by atoms with Crippen LogP contribution in [0.4, 0.5) is 0 Å². The van der Waals surface area contributed by atoms with Crippen LogP contribution in [0.25, 0.3) is 0 Å². The van der Waals surface area contributed by atoms with Crippen molar-refractivity contribution in [3.8, 4) is 0 Å². The summed E-state index contributed by atoms with van der Waals surface area (Å²) < 4.78 is 11.2. The summed E-state index contributed by atoms with van der Waals surface area (Å²) in [6, 6.07) is -1.49. The minimum absolute atomic E-state index is 0.0915. The maximum Gasteiger partial charge on any atom is 0.328 e. The number of rotatable bonds is 40. The fourth-order valence-electron chi connectivity index (χ4n) is 7.50. The number of ether oxygens (including phenoxy) is 2. The van der Waals surface area contributed by atoms with Gasteiger partial charge in [-0.15, -0.1) is 0 Å². The monoisotopic (exact) mass is 736 g/mol. The largest absolute Gasteiger partial charge is 0.464 e. The van der Waals surface area contributed by atoms with Crippen molar-refractivity contribution in [2.45, 2.75) is 265 Å². The Labute approximate surface area is 324 Å². The first-order chi connectivity index (χ1) is 25.5. The Morgan fingerprint density at radius 1 is 0.365 bits per heavy atom. The van der Waals surface area contributed by atoms with E-state index < -0.39 is 12.1 Å². The molecule has 308 valence electrons. The molecule has 0 N–H and O–H groups in total. The molecule has 0 aliphatic rings. The van der Waals surface area contributed by atoms with Gasteiger partial charge in [0.15, 0.2) is 0 Å². The van der Waals surface area contributed by atoms with Gasteiger partial charge in [0.05, 0.1) is 13.2 Å². The van der Waals surface area contributed by atoms with E-state index in [1.165, 1.54) is 141 Å². The van der Waals surface area contributed by atoms with E-state index in [0.717, 1.165) is 57.8 Å². The molecule has 2 atom stereocenters. The number of unbranched alkanes of at least 4 members (excludes halogenated alkanes) is 28. The number of hydrogen-bond acceptors (Lipinski definition) is 5. The SMILES string of the molecule is CCCCCCCCCCCCCC(=O)N(C(CCCCCCCCCCCC)C(=O)OCC)C(CCCCCCCCCCCC)C(=O)OCC. The molecule has 0 aromatic rings. The van der Waals surface area contributed by atoms with E-state index in [0.29, 0.717) is 19.3 Å². The second-order valence-corrected chi connectivity index (χ2v) is 15.6. The Morgan fingerprint density at radius 2 is 0.615 bits per heavy atom. The van der Waals surface area contributed by atoms with Gasteiger partial charge in [0.1, 0.15) is 12.1 Å². The molecule has 0 rings (SSSR count). The molecule has 0 fully saturated rings. The smallest absolute Gasteiger partial charge is 0.328 e. The standard InChI is InChI=1S/C46H89NO5/c1-6-11-14-17-20-23-26-29-32-35-38-41-44(48)47(42(45(49)51-9-4)39-36-33-30-27-24-21-18-15-12-7-2)43(46(50)52-10-5)40-37-34-31-28-25-22-19-16-13-8-3/h42-43H,6-41H2,1-5H3. The van der Waals surface area contributed by atoms with Crippen LogP contribution in [0.3, 0.4) is 0 Å². The van der Waals surface area contributed by atoms with Gasteiger partial charge < -0.3 is 14.4 Å². The van der Waals surface area contributed by atoms with Gasteiger partial charge in [-0.25, -0.2) is 9.59 Å². The molecule has 0 saturated carbocycles. The fraction of sp³-hybridized carbons (Fsp3) is 0.935. The molecule has 0 heterocycles. The summed E-state index contributed by atoms with van der Waals surface area (Å²) in [4.78, 5) is 43.0. The molecule has 0 bridgehead atoms. The lowest BCUT2D eigenvalue weighted by Crippen LogP contribution is -2.54. The van der Waals surface area contributed by atoms with Crippen molar-refractivity contribution < 1.29 is 23.9 Å². The molecule has 0 aliphatic heterocycles.